The van der Waals surface area contributed by atoms with E-state index in [4.69, 9.17) is 0 Å². The maximum Gasteiger partial charge on any atom is 0.00977 e. The van der Waals surface area contributed by atoms with Crippen LogP contribution in [0.3, 0.4) is 0 Å². The molecule has 1 N–H and O–H groups in total. The first kappa shape index (κ1) is 12.0. The molecule has 1 saturated carbocycles. The van der Waals surface area contributed by atoms with Crippen LogP contribution in [0.25, 0.3) is 0 Å². The Morgan fingerprint density at radius 2 is 1.86 bits per heavy atom. The second kappa shape index (κ2) is 6.44. The zero-order valence-corrected chi connectivity index (χ0v) is 10.2. The van der Waals surface area contributed by atoms with Crippen molar-refractivity contribution in [1.29, 1.82) is 0 Å². The largest absolute Gasteiger partial charge is 0.314 e. The van der Waals surface area contributed by atoms with E-state index in [1.165, 1.54) is 45.1 Å². The summed E-state index contributed by atoms with van der Waals surface area (Å²) in [5.41, 5.74) is 0. The molecule has 1 heteroatoms. The van der Waals surface area contributed by atoms with Gasteiger partial charge in [0.05, 0.1) is 0 Å². The van der Waals surface area contributed by atoms with E-state index < -0.39 is 0 Å². The summed E-state index contributed by atoms with van der Waals surface area (Å²) in [4.78, 5) is 0. The van der Waals surface area contributed by atoms with Gasteiger partial charge < -0.3 is 5.32 Å². The van der Waals surface area contributed by atoms with E-state index in [9.17, 15) is 0 Å². The van der Waals surface area contributed by atoms with E-state index >= 15 is 0 Å². The van der Waals surface area contributed by atoms with Crippen molar-refractivity contribution in [3.05, 3.63) is 0 Å². The van der Waals surface area contributed by atoms with Gasteiger partial charge in [0.25, 0.3) is 0 Å². The van der Waals surface area contributed by atoms with Gasteiger partial charge in [-0.1, -0.05) is 40.0 Å². The van der Waals surface area contributed by atoms with Crippen molar-refractivity contribution in [2.24, 2.45) is 11.8 Å². The SMILES string of the molecule is CCCNC1CCCCCC1C(C)C. The highest BCUT2D eigenvalue weighted by molar-refractivity contribution is 4.81. The first-order valence-electron chi connectivity index (χ1n) is 6.49. The van der Waals surface area contributed by atoms with E-state index in [-0.39, 0.29) is 0 Å². The molecule has 2 unspecified atom stereocenters. The predicted octanol–water partition coefficient (Wildman–Crippen LogP) is 3.59. The lowest BCUT2D eigenvalue weighted by molar-refractivity contribution is 0.261. The van der Waals surface area contributed by atoms with Gasteiger partial charge in [-0.15, -0.1) is 0 Å². The monoisotopic (exact) mass is 197 g/mol. The molecule has 14 heavy (non-hydrogen) atoms. The van der Waals surface area contributed by atoms with Crippen LogP contribution in [0.2, 0.25) is 0 Å². The van der Waals surface area contributed by atoms with Crippen LogP contribution in [-0.4, -0.2) is 12.6 Å². The van der Waals surface area contributed by atoms with Crippen LogP contribution < -0.4 is 5.32 Å². The Morgan fingerprint density at radius 3 is 2.50 bits per heavy atom. The third-order valence-electron chi connectivity index (χ3n) is 3.58. The standard InChI is InChI=1S/C13H27N/c1-4-10-14-13-9-7-5-6-8-12(13)11(2)3/h11-14H,4-10H2,1-3H3. The van der Waals surface area contributed by atoms with Crippen molar-refractivity contribution in [2.45, 2.75) is 65.3 Å². The fourth-order valence-corrected chi connectivity index (χ4v) is 2.72. The molecule has 0 amide bonds. The molecule has 0 aromatic rings. The molecule has 0 aliphatic heterocycles. The number of nitrogens with one attached hydrogen (secondary N) is 1. The van der Waals surface area contributed by atoms with Crippen LogP contribution >= 0.6 is 0 Å². The first-order valence-corrected chi connectivity index (χ1v) is 6.49. The highest BCUT2D eigenvalue weighted by Crippen LogP contribution is 2.29. The maximum atomic E-state index is 3.74. The fraction of sp³-hybridized carbons (Fsp3) is 1.00. The number of hydrogen-bond acceptors (Lipinski definition) is 1. The third-order valence-corrected chi connectivity index (χ3v) is 3.58. The number of hydrogen-bond donors (Lipinski definition) is 1. The molecular weight excluding hydrogens is 170 g/mol. The van der Waals surface area contributed by atoms with E-state index in [1.807, 2.05) is 0 Å². The van der Waals surface area contributed by atoms with Crippen LogP contribution in [0.5, 0.6) is 0 Å². The lowest BCUT2D eigenvalue weighted by atomic mass is 9.85. The molecule has 0 radical (unpaired) electrons. The highest BCUT2D eigenvalue weighted by atomic mass is 14.9. The number of rotatable bonds is 4. The van der Waals surface area contributed by atoms with E-state index in [0.29, 0.717) is 0 Å². The predicted molar refractivity (Wildman–Crippen MR) is 63.5 cm³/mol. The Balaban J connectivity index is 2.45. The fourth-order valence-electron chi connectivity index (χ4n) is 2.72. The summed E-state index contributed by atoms with van der Waals surface area (Å²) < 4.78 is 0. The van der Waals surface area contributed by atoms with Crippen molar-refractivity contribution >= 4 is 0 Å². The molecule has 0 bridgehead atoms. The van der Waals surface area contributed by atoms with Gasteiger partial charge >= 0.3 is 0 Å². The molecule has 0 spiro atoms. The van der Waals surface area contributed by atoms with Crippen molar-refractivity contribution in [3.8, 4) is 0 Å². The van der Waals surface area contributed by atoms with Crippen LogP contribution in [0.4, 0.5) is 0 Å². The molecule has 0 aromatic heterocycles. The lowest BCUT2D eigenvalue weighted by Gasteiger charge is -2.29. The molecule has 0 heterocycles. The zero-order chi connectivity index (χ0) is 10.4. The van der Waals surface area contributed by atoms with Crippen LogP contribution in [0, 0.1) is 11.8 Å². The van der Waals surface area contributed by atoms with Crippen molar-refractivity contribution in [3.63, 3.8) is 0 Å². The highest BCUT2D eigenvalue weighted by Gasteiger charge is 2.25. The molecule has 1 aliphatic carbocycles. The minimum absolute atomic E-state index is 0.803. The van der Waals surface area contributed by atoms with Crippen LogP contribution in [0.1, 0.15) is 59.3 Å². The zero-order valence-electron chi connectivity index (χ0n) is 10.2. The summed E-state index contributed by atoms with van der Waals surface area (Å²) in [6, 6.07) is 0.803. The summed E-state index contributed by atoms with van der Waals surface area (Å²) in [6.07, 6.45) is 8.45. The van der Waals surface area contributed by atoms with Gasteiger partial charge in [0, 0.05) is 6.04 Å². The summed E-state index contributed by atoms with van der Waals surface area (Å²) in [7, 11) is 0. The molecule has 0 aromatic carbocycles. The van der Waals surface area contributed by atoms with Gasteiger partial charge in [0.2, 0.25) is 0 Å². The van der Waals surface area contributed by atoms with Gasteiger partial charge in [0.15, 0.2) is 0 Å². The average Bonchev–Trinajstić information content (AvgIpc) is 2.39. The smallest absolute Gasteiger partial charge is 0.00977 e. The van der Waals surface area contributed by atoms with Crippen molar-refractivity contribution in [1.82, 2.24) is 5.32 Å². The molecule has 1 nitrogen and oxygen atoms in total. The molecule has 1 aliphatic rings. The molecular formula is C13H27N. The van der Waals surface area contributed by atoms with E-state index in [1.54, 1.807) is 0 Å². The van der Waals surface area contributed by atoms with E-state index in [2.05, 4.69) is 26.1 Å². The Morgan fingerprint density at radius 1 is 1.14 bits per heavy atom. The molecule has 1 rings (SSSR count). The Hall–Kier alpha value is -0.0400. The molecule has 84 valence electrons. The van der Waals surface area contributed by atoms with Gasteiger partial charge in [-0.2, -0.15) is 0 Å². The first-order chi connectivity index (χ1) is 6.75. The molecule has 0 saturated heterocycles. The molecule has 2 atom stereocenters. The summed E-state index contributed by atoms with van der Waals surface area (Å²) in [6.45, 7) is 8.23. The van der Waals surface area contributed by atoms with Crippen LogP contribution in [-0.2, 0) is 0 Å². The van der Waals surface area contributed by atoms with E-state index in [0.717, 1.165) is 17.9 Å². The minimum atomic E-state index is 0.803. The van der Waals surface area contributed by atoms with Gasteiger partial charge in [-0.3, -0.25) is 0 Å². The Kier molecular flexibility index (Phi) is 5.54. The van der Waals surface area contributed by atoms with Crippen LogP contribution in [0.15, 0.2) is 0 Å². The quantitative estimate of drug-likeness (QED) is 0.679. The van der Waals surface area contributed by atoms with Gasteiger partial charge in [0.1, 0.15) is 0 Å². The maximum absolute atomic E-state index is 3.74. The summed E-state index contributed by atoms with van der Waals surface area (Å²) in [5, 5.41) is 3.74. The minimum Gasteiger partial charge on any atom is -0.314 e. The summed E-state index contributed by atoms with van der Waals surface area (Å²) >= 11 is 0. The lowest BCUT2D eigenvalue weighted by Crippen LogP contribution is -2.38. The second-order valence-corrected chi connectivity index (χ2v) is 5.11. The topological polar surface area (TPSA) is 12.0 Å². The Labute approximate surface area is 89.7 Å². The normalized spacial score (nSPS) is 29.1. The molecule has 1 fully saturated rings. The summed E-state index contributed by atoms with van der Waals surface area (Å²) in [5.74, 6) is 1.77. The average molecular weight is 197 g/mol. The third kappa shape index (κ3) is 3.61. The van der Waals surface area contributed by atoms with Crippen molar-refractivity contribution in [2.75, 3.05) is 6.54 Å². The van der Waals surface area contributed by atoms with Gasteiger partial charge in [-0.05, 0) is 37.6 Å². The van der Waals surface area contributed by atoms with Crippen molar-refractivity contribution < 1.29 is 0 Å². The second-order valence-electron chi connectivity index (χ2n) is 5.11. The Bertz CT molecular complexity index is 142. The van der Waals surface area contributed by atoms with Gasteiger partial charge in [-0.25, -0.2) is 0 Å².